The van der Waals surface area contributed by atoms with Gasteiger partial charge in [-0.15, -0.1) is 0 Å². The summed E-state index contributed by atoms with van der Waals surface area (Å²) < 4.78 is 17.9. The van der Waals surface area contributed by atoms with E-state index in [2.05, 4.69) is 9.72 Å². The minimum atomic E-state index is -0.823. The molecule has 1 aromatic rings. The van der Waals surface area contributed by atoms with Gasteiger partial charge < -0.3 is 10.5 Å². The number of methoxy groups -OCH3 is 1. The molecule has 4 nitrogen and oxygen atoms in total. The van der Waals surface area contributed by atoms with E-state index in [1.165, 1.54) is 13.3 Å². The first kappa shape index (κ1) is 9.44. The Labute approximate surface area is 74.5 Å². The van der Waals surface area contributed by atoms with Gasteiger partial charge in [-0.3, -0.25) is 4.79 Å². The lowest BCUT2D eigenvalue weighted by molar-refractivity contribution is 0.0994. The number of halogens is 1. The first-order chi connectivity index (χ1) is 6.07. The van der Waals surface area contributed by atoms with E-state index < -0.39 is 11.7 Å². The van der Waals surface area contributed by atoms with Crippen molar-refractivity contribution in [3.05, 3.63) is 23.1 Å². The molecular weight excluding hydrogens is 175 g/mol. The first-order valence-corrected chi connectivity index (χ1v) is 3.56. The molecule has 0 spiro atoms. The molecule has 2 N–H and O–H groups in total. The summed E-state index contributed by atoms with van der Waals surface area (Å²) in [6.07, 6.45) is 1.34. The number of carbonyl (C=O) groups excluding carboxylic acids is 1. The van der Waals surface area contributed by atoms with E-state index in [1.807, 2.05) is 0 Å². The molecule has 70 valence electrons. The van der Waals surface area contributed by atoms with Crippen LogP contribution in [-0.4, -0.2) is 18.0 Å². The maximum absolute atomic E-state index is 13.3. The van der Waals surface area contributed by atoms with E-state index in [0.29, 0.717) is 5.56 Å². The highest BCUT2D eigenvalue weighted by molar-refractivity contribution is 5.94. The third kappa shape index (κ3) is 1.58. The molecule has 0 radical (unpaired) electrons. The Kier molecular flexibility index (Phi) is 2.46. The van der Waals surface area contributed by atoms with Crippen molar-refractivity contribution in [2.24, 2.45) is 5.73 Å². The molecule has 1 heterocycles. The van der Waals surface area contributed by atoms with Crippen LogP contribution in [0.25, 0.3) is 0 Å². The van der Waals surface area contributed by atoms with E-state index in [-0.39, 0.29) is 11.4 Å². The lowest BCUT2D eigenvalue weighted by Crippen LogP contribution is -2.16. The van der Waals surface area contributed by atoms with Gasteiger partial charge in [-0.1, -0.05) is 0 Å². The van der Waals surface area contributed by atoms with E-state index in [4.69, 9.17) is 5.73 Å². The van der Waals surface area contributed by atoms with Crippen LogP contribution in [-0.2, 0) is 0 Å². The number of ether oxygens (including phenoxy) is 1. The minimum Gasteiger partial charge on any atom is -0.479 e. The molecule has 0 aliphatic rings. The van der Waals surface area contributed by atoms with Crippen LogP contribution in [0.4, 0.5) is 4.39 Å². The van der Waals surface area contributed by atoms with Crippen LogP contribution in [0.15, 0.2) is 6.20 Å². The number of nitrogens with two attached hydrogens (primary N) is 1. The number of pyridine rings is 1. The third-order valence-corrected chi connectivity index (χ3v) is 1.62. The monoisotopic (exact) mass is 184 g/mol. The average Bonchev–Trinajstić information content (AvgIpc) is 2.04. The van der Waals surface area contributed by atoms with Gasteiger partial charge >= 0.3 is 0 Å². The van der Waals surface area contributed by atoms with Crippen molar-refractivity contribution >= 4 is 5.91 Å². The van der Waals surface area contributed by atoms with E-state index >= 15 is 0 Å². The number of hydrogen-bond donors (Lipinski definition) is 1. The Morgan fingerprint density at radius 3 is 2.77 bits per heavy atom. The van der Waals surface area contributed by atoms with E-state index in [0.717, 1.165) is 0 Å². The highest BCUT2D eigenvalue weighted by atomic mass is 19.1. The summed E-state index contributed by atoms with van der Waals surface area (Å²) in [5, 5.41) is 0. The number of rotatable bonds is 2. The highest BCUT2D eigenvalue weighted by Crippen LogP contribution is 2.19. The molecule has 0 atom stereocenters. The molecule has 0 saturated carbocycles. The lowest BCUT2D eigenvalue weighted by atomic mass is 10.1. The second-order valence-electron chi connectivity index (χ2n) is 2.50. The van der Waals surface area contributed by atoms with Crippen molar-refractivity contribution in [2.45, 2.75) is 6.92 Å². The Morgan fingerprint density at radius 2 is 2.31 bits per heavy atom. The zero-order valence-electron chi connectivity index (χ0n) is 7.30. The molecule has 1 aromatic heterocycles. The normalized spacial score (nSPS) is 9.77. The second-order valence-corrected chi connectivity index (χ2v) is 2.50. The number of primary amides is 1. The Balaban J connectivity index is 3.38. The van der Waals surface area contributed by atoms with Gasteiger partial charge in [0.25, 0.3) is 11.8 Å². The fraction of sp³-hybridized carbons (Fsp3) is 0.250. The van der Waals surface area contributed by atoms with Crippen LogP contribution in [0.3, 0.4) is 0 Å². The van der Waals surface area contributed by atoms with Gasteiger partial charge in [0, 0.05) is 6.20 Å². The molecule has 0 fully saturated rings. The van der Waals surface area contributed by atoms with Crippen molar-refractivity contribution in [3.8, 4) is 5.88 Å². The van der Waals surface area contributed by atoms with Crippen molar-refractivity contribution in [1.82, 2.24) is 4.98 Å². The van der Waals surface area contributed by atoms with Gasteiger partial charge in [-0.05, 0) is 12.5 Å². The number of aryl methyl sites for hydroxylation is 1. The molecule has 1 amide bonds. The maximum atomic E-state index is 13.3. The first-order valence-electron chi connectivity index (χ1n) is 3.56. The molecule has 0 aliphatic heterocycles. The molecular formula is C8H9FN2O2. The van der Waals surface area contributed by atoms with E-state index in [9.17, 15) is 9.18 Å². The van der Waals surface area contributed by atoms with Gasteiger partial charge in [0.2, 0.25) is 0 Å². The SMILES string of the molecule is COc1ncc(C)c(C(N)=O)c1F. The summed E-state index contributed by atoms with van der Waals surface area (Å²) in [6, 6.07) is 0. The third-order valence-electron chi connectivity index (χ3n) is 1.62. The van der Waals surface area contributed by atoms with Crippen LogP contribution in [0.1, 0.15) is 15.9 Å². The predicted molar refractivity (Wildman–Crippen MR) is 44.0 cm³/mol. The fourth-order valence-electron chi connectivity index (χ4n) is 1.00. The van der Waals surface area contributed by atoms with Gasteiger partial charge in [-0.2, -0.15) is 0 Å². The smallest absolute Gasteiger partial charge is 0.252 e. The van der Waals surface area contributed by atoms with Gasteiger partial charge in [0.05, 0.1) is 12.7 Å². The standard InChI is InChI=1S/C8H9FN2O2/c1-4-3-11-8(13-2)6(9)5(4)7(10)12/h3H,1-2H3,(H2,10,12). The Hall–Kier alpha value is -1.65. The van der Waals surface area contributed by atoms with Crippen molar-refractivity contribution in [2.75, 3.05) is 7.11 Å². The number of nitrogens with zero attached hydrogens (tertiary/aromatic N) is 1. The molecule has 0 saturated heterocycles. The fourth-order valence-corrected chi connectivity index (χ4v) is 1.00. The summed E-state index contributed by atoms with van der Waals surface area (Å²) in [5.74, 6) is -1.86. The molecule has 0 aliphatic carbocycles. The zero-order valence-corrected chi connectivity index (χ0v) is 7.30. The average molecular weight is 184 g/mol. The second kappa shape index (κ2) is 3.38. The summed E-state index contributed by atoms with van der Waals surface area (Å²) >= 11 is 0. The minimum absolute atomic E-state index is 0.174. The highest BCUT2D eigenvalue weighted by Gasteiger charge is 2.17. The van der Waals surface area contributed by atoms with Crippen LogP contribution >= 0.6 is 0 Å². The molecule has 5 heteroatoms. The Bertz CT molecular complexity index is 352. The number of aromatic nitrogens is 1. The molecule has 1 rings (SSSR count). The summed E-state index contributed by atoms with van der Waals surface area (Å²) in [6.45, 7) is 1.55. The molecule has 0 unspecified atom stereocenters. The summed E-state index contributed by atoms with van der Waals surface area (Å²) in [4.78, 5) is 14.4. The quantitative estimate of drug-likeness (QED) is 0.733. The van der Waals surface area contributed by atoms with Crippen LogP contribution in [0.2, 0.25) is 0 Å². The Morgan fingerprint density at radius 1 is 1.69 bits per heavy atom. The van der Waals surface area contributed by atoms with Gasteiger partial charge in [0.1, 0.15) is 0 Å². The summed E-state index contributed by atoms with van der Waals surface area (Å²) in [7, 11) is 1.27. The summed E-state index contributed by atoms with van der Waals surface area (Å²) in [5.41, 5.74) is 5.20. The van der Waals surface area contributed by atoms with Crippen molar-refractivity contribution < 1.29 is 13.9 Å². The molecule has 0 aromatic carbocycles. The predicted octanol–water partition coefficient (Wildman–Crippen LogP) is 0.637. The van der Waals surface area contributed by atoms with Crippen molar-refractivity contribution in [3.63, 3.8) is 0 Å². The van der Waals surface area contributed by atoms with Gasteiger partial charge in [0.15, 0.2) is 5.82 Å². The molecule has 13 heavy (non-hydrogen) atoms. The topological polar surface area (TPSA) is 65.2 Å². The van der Waals surface area contributed by atoms with E-state index in [1.54, 1.807) is 6.92 Å². The number of hydrogen-bond acceptors (Lipinski definition) is 3. The van der Waals surface area contributed by atoms with Crippen LogP contribution in [0, 0.1) is 12.7 Å². The zero-order chi connectivity index (χ0) is 10.0. The lowest BCUT2D eigenvalue weighted by Gasteiger charge is -2.05. The van der Waals surface area contributed by atoms with Crippen LogP contribution < -0.4 is 10.5 Å². The number of carbonyl (C=O) groups is 1. The molecule has 0 bridgehead atoms. The van der Waals surface area contributed by atoms with Crippen molar-refractivity contribution in [1.29, 1.82) is 0 Å². The largest absolute Gasteiger partial charge is 0.479 e. The number of amides is 1. The maximum Gasteiger partial charge on any atom is 0.252 e. The van der Waals surface area contributed by atoms with Gasteiger partial charge in [-0.25, -0.2) is 9.37 Å². The van der Waals surface area contributed by atoms with Crippen LogP contribution in [0.5, 0.6) is 5.88 Å².